The summed E-state index contributed by atoms with van der Waals surface area (Å²) in [5.74, 6) is 0.507. The molecule has 0 fully saturated rings. The molecule has 0 radical (unpaired) electrons. The van der Waals surface area contributed by atoms with Gasteiger partial charge in [0.2, 0.25) is 5.91 Å². The van der Waals surface area contributed by atoms with Gasteiger partial charge in [0, 0.05) is 13.1 Å². The number of aryl methyl sites for hydroxylation is 1. The molecule has 4 rings (SSSR count). The van der Waals surface area contributed by atoms with Gasteiger partial charge in [0.25, 0.3) is 5.91 Å². The third-order valence-electron chi connectivity index (χ3n) is 5.36. The second-order valence-electron chi connectivity index (χ2n) is 7.24. The van der Waals surface area contributed by atoms with E-state index in [2.05, 4.69) is 12.1 Å². The smallest absolute Gasteiger partial charge is 0.268 e. The van der Waals surface area contributed by atoms with Gasteiger partial charge in [-0.25, -0.2) is 0 Å². The summed E-state index contributed by atoms with van der Waals surface area (Å²) >= 11 is 0. The molecule has 0 unspecified atom stereocenters. The molecule has 0 bridgehead atoms. The fraction of sp³-hybridized carbons (Fsp3) is 0.364. The Labute approximate surface area is 159 Å². The van der Waals surface area contributed by atoms with E-state index in [1.165, 1.54) is 11.1 Å². The quantitative estimate of drug-likeness (QED) is 0.841. The highest BCUT2D eigenvalue weighted by atomic mass is 16.5. The molecular formula is C22H24N2O3. The highest BCUT2D eigenvalue weighted by molar-refractivity contribution is 6.04. The van der Waals surface area contributed by atoms with Crippen molar-refractivity contribution in [2.75, 3.05) is 18.0 Å². The van der Waals surface area contributed by atoms with E-state index in [1.807, 2.05) is 49.1 Å². The first kappa shape index (κ1) is 17.6. The molecule has 2 aromatic rings. The topological polar surface area (TPSA) is 49.9 Å². The number of nitrogens with zero attached hydrogens (tertiary/aromatic N) is 2. The second-order valence-corrected chi connectivity index (χ2v) is 7.24. The van der Waals surface area contributed by atoms with E-state index in [1.54, 1.807) is 4.90 Å². The van der Waals surface area contributed by atoms with Crippen molar-refractivity contribution in [1.29, 1.82) is 0 Å². The van der Waals surface area contributed by atoms with Crippen LogP contribution >= 0.6 is 0 Å². The summed E-state index contributed by atoms with van der Waals surface area (Å²) in [6.45, 7) is 5.23. The highest BCUT2D eigenvalue weighted by Crippen LogP contribution is 2.35. The van der Waals surface area contributed by atoms with E-state index >= 15 is 0 Å². The Hall–Kier alpha value is -2.82. The maximum Gasteiger partial charge on any atom is 0.268 e. The van der Waals surface area contributed by atoms with Crippen LogP contribution in [0.15, 0.2) is 42.5 Å². The number of rotatable bonds is 3. The summed E-state index contributed by atoms with van der Waals surface area (Å²) in [5, 5.41) is 0. The Bertz CT molecular complexity index is 893. The predicted octanol–water partition coefficient (Wildman–Crippen LogP) is 3.08. The van der Waals surface area contributed by atoms with Crippen molar-refractivity contribution in [3.05, 3.63) is 59.2 Å². The summed E-state index contributed by atoms with van der Waals surface area (Å²) in [5.41, 5.74) is 4.21. The molecule has 0 aliphatic carbocycles. The number of hydrogen-bond donors (Lipinski definition) is 0. The second kappa shape index (κ2) is 7.06. The Morgan fingerprint density at radius 2 is 1.96 bits per heavy atom. The van der Waals surface area contributed by atoms with Crippen molar-refractivity contribution < 1.29 is 14.3 Å². The summed E-state index contributed by atoms with van der Waals surface area (Å²) in [7, 11) is 0. The third kappa shape index (κ3) is 3.29. The van der Waals surface area contributed by atoms with E-state index in [0.29, 0.717) is 30.9 Å². The molecule has 5 nitrogen and oxygen atoms in total. The van der Waals surface area contributed by atoms with E-state index < -0.39 is 6.10 Å². The lowest BCUT2D eigenvalue weighted by molar-refractivity contribution is -0.134. The first-order valence-corrected chi connectivity index (χ1v) is 9.50. The molecule has 2 aliphatic rings. The summed E-state index contributed by atoms with van der Waals surface area (Å²) in [6.07, 6.45) is 0.898. The van der Waals surface area contributed by atoms with Crippen LogP contribution in [0.5, 0.6) is 5.75 Å². The van der Waals surface area contributed by atoms with Gasteiger partial charge in [-0.05, 0) is 48.6 Å². The molecule has 140 valence electrons. The molecule has 2 aromatic carbocycles. The van der Waals surface area contributed by atoms with Crippen molar-refractivity contribution in [1.82, 2.24) is 4.90 Å². The Morgan fingerprint density at radius 1 is 1.19 bits per heavy atom. The van der Waals surface area contributed by atoms with Crippen LogP contribution in [0.2, 0.25) is 0 Å². The minimum atomic E-state index is -0.532. The highest BCUT2D eigenvalue weighted by Gasteiger charge is 2.35. The van der Waals surface area contributed by atoms with Crippen molar-refractivity contribution >= 4 is 17.5 Å². The van der Waals surface area contributed by atoms with Gasteiger partial charge >= 0.3 is 0 Å². The molecule has 1 atom stereocenters. The van der Waals surface area contributed by atoms with Crippen LogP contribution < -0.4 is 9.64 Å². The molecule has 2 heterocycles. The number of hydrogen-bond acceptors (Lipinski definition) is 3. The molecule has 0 spiro atoms. The first-order valence-electron chi connectivity index (χ1n) is 9.50. The summed E-state index contributed by atoms with van der Waals surface area (Å²) in [4.78, 5) is 29.3. The van der Waals surface area contributed by atoms with Crippen molar-refractivity contribution in [3.63, 3.8) is 0 Å². The number of carbonyl (C=O) groups excluding carboxylic acids is 2. The van der Waals surface area contributed by atoms with Gasteiger partial charge in [-0.2, -0.15) is 0 Å². The lowest BCUT2D eigenvalue weighted by Gasteiger charge is -2.36. The van der Waals surface area contributed by atoms with E-state index in [9.17, 15) is 9.59 Å². The maximum absolute atomic E-state index is 13.0. The standard InChI is InChI=1S/C22H24N2O3/c1-3-19-22(26)24(18-12-15(2)8-9-20(18)27-19)14-21(25)23-11-10-16-6-4-5-7-17(16)13-23/h4-9,12,19H,3,10-11,13-14H2,1-2H3/t19-/m0/s1. The van der Waals surface area contributed by atoms with E-state index in [0.717, 1.165) is 12.0 Å². The summed E-state index contributed by atoms with van der Waals surface area (Å²) in [6, 6.07) is 14.0. The van der Waals surface area contributed by atoms with Gasteiger partial charge in [-0.3, -0.25) is 14.5 Å². The van der Waals surface area contributed by atoms with Gasteiger partial charge in [0.1, 0.15) is 12.3 Å². The largest absolute Gasteiger partial charge is 0.478 e. The van der Waals surface area contributed by atoms with Gasteiger partial charge in [-0.1, -0.05) is 37.3 Å². The van der Waals surface area contributed by atoms with Crippen LogP contribution in [-0.2, 0) is 22.6 Å². The Balaban J connectivity index is 1.57. The number of fused-ring (bicyclic) bond motifs is 2. The third-order valence-corrected chi connectivity index (χ3v) is 5.36. The molecule has 2 amide bonds. The van der Waals surface area contributed by atoms with Crippen LogP contribution in [0.25, 0.3) is 0 Å². The first-order chi connectivity index (χ1) is 13.1. The average molecular weight is 364 g/mol. The van der Waals surface area contributed by atoms with Crippen LogP contribution in [0.1, 0.15) is 30.0 Å². The summed E-state index contributed by atoms with van der Waals surface area (Å²) < 4.78 is 5.84. The number of ether oxygens (including phenoxy) is 1. The molecule has 0 aromatic heterocycles. The molecule has 0 saturated heterocycles. The van der Waals surface area contributed by atoms with Crippen molar-refractivity contribution in [3.8, 4) is 5.75 Å². The number of amides is 2. The molecule has 27 heavy (non-hydrogen) atoms. The zero-order valence-corrected chi connectivity index (χ0v) is 15.8. The SMILES string of the molecule is CC[C@@H]1Oc2ccc(C)cc2N(CC(=O)N2CCc3ccccc3C2)C1=O. The maximum atomic E-state index is 13.0. The molecule has 5 heteroatoms. The van der Waals surface area contributed by atoms with Gasteiger partial charge < -0.3 is 9.64 Å². The monoisotopic (exact) mass is 364 g/mol. The zero-order valence-electron chi connectivity index (χ0n) is 15.8. The molecular weight excluding hydrogens is 340 g/mol. The Morgan fingerprint density at radius 3 is 2.74 bits per heavy atom. The predicted molar refractivity (Wildman–Crippen MR) is 104 cm³/mol. The molecule has 2 aliphatic heterocycles. The van der Waals surface area contributed by atoms with Crippen LogP contribution in [-0.4, -0.2) is 35.9 Å². The number of anilines is 1. The lowest BCUT2D eigenvalue weighted by atomic mass is 10.00. The fourth-order valence-corrected chi connectivity index (χ4v) is 3.80. The normalized spacial score (nSPS) is 18.6. The minimum absolute atomic E-state index is 0.0259. The molecule has 0 N–H and O–H groups in total. The molecule has 0 saturated carbocycles. The average Bonchev–Trinajstić information content (AvgIpc) is 2.69. The van der Waals surface area contributed by atoms with Gasteiger partial charge in [0.05, 0.1) is 5.69 Å². The van der Waals surface area contributed by atoms with Crippen molar-refractivity contribution in [2.24, 2.45) is 0 Å². The van der Waals surface area contributed by atoms with Gasteiger partial charge in [-0.15, -0.1) is 0 Å². The fourth-order valence-electron chi connectivity index (χ4n) is 3.80. The lowest BCUT2D eigenvalue weighted by Crippen LogP contribution is -2.51. The van der Waals surface area contributed by atoms with Crippen molar-refractivity contribution in [2.45, 2.75) is 39.3 Å². The van der Waals surface area contributed by atoms with E-state index in [-0.39, 0.29) is 18.4 Å². The van der Waals surface area contributed by atoms with Gasteiger partial charge in [0.15, 0.2) is 6.10 Å². The zero-order chi connectivity index (χ0) is 19.0. The number of benzene rings is 2. The van der Waals surface area contributed by atoms with Crippen LogP contribution in [0, 0.1) is 6.92 Å². The van der Waals surface area contributed by atoms with E-state index in [4.69, 9.17) is 4.74 Å². The minimum Gasteiger partial charge on any atom is -0.478 e. The number of carbonyl (C=O) groups is 2. The van der Waals surface area contributed by atoms with Crippen LogP contribution in [0.4, 0.5) is 5.69 Å². The van der Waals surface area contributed by atoms with Crippen LogP contribution in [0.3, 0.4) is 0 Å². The Kier molecular flexibility index (Phi) is 4.60.